The molecule has 0 amide bonds. The summed E-state index contributed by atoms with van der Waals surface area (Å²) in [5.41, 5.74) is -0.0506. The lowest BCUT2D eigenvalue weighted by atomic mass is 10.1. The molecule has 15 heteroatoms. The van der Waals surface area contributed by atoms with E-state index in [2.05, 4.69) is 26.8 Å². The molecule has 2 saturated carbocycles. The van der Waals surface area contributed by atoms with Crippen molar-refractivity contribution in [1.29, 1.82) is 0 Å². The first-order valence-electron chi connectivity index (χ1n) is 13.8. The summed E-state index contributed by atoms with van der Waals surface area (Å²) < 4.78 is 37.9. The Balaban J connectivity index is 1.15. The number of hydrazine groups is 1. The van der Waals surface area contributed by atoms with Crippen LogP contribution >= 0.6 is 20.1 Å². The fourth-order valence-electron chi connectivity index (χ4n) is 5.16. The molecule has 5 atom stereocenters. The van der Waals surface area contributed by atoms with E-state index in [-0.39, 0.29) is 36.9 Å². The molecule has 3 aromatic rings. The largest absolute Gasteiger partial charge is 0.468 e. The number of benzene rings is 1. The lowest BCUT2D eigenvalue weighted by Crippen LogP contribution is -2.41. The van der Waals surface area contributed by atoms with E-state index in [4.69, 9.17) is 30.1 Å². The molecule has 3 aliphatic rings. The molecule has 2 aliphatic carbocycles. The Morgan fingerprint density at radius 2 is 2.02 bits per heavy atom. The molecule has 226 valence electrons. The zero-order valence-electron chi connectivity index (χ0n) is 23.6. The fourth-order valence-corrected chi connectivity index (χ4v) is 7.24. The Kier molecular flexibility index (Phi) is 8.70. The van der Waals surface area contributed by atoms with Crippen LogP contribution in [-0.2, 0) is 29.8 Å². The lowest BCUT2D eigenvalue weighted by molar-refractivity contribution is -0.143. The van der Waals surface area contributed by atoms with Gasteiger partial charge < -0.3 is 23.1 Å². The summed E-state index contributed by atoms with van der Waals surface area (Å²) in [5.74, 6) is 1.13. The second-order valence-electron chi connectivity index (χ2n) is 10.9. The summed E-state index contributed by atoms with van der Waals surface area (Å²) in [6.07, 6.45) is 8.73. The molecule has 4 unspecified atom stereocenters. The van der Waals surface area contributed by atoms with E-state index in [1.165, 1.54) is 13.4 Å². The van der Waals surface area contributed by atoms with Crippen molar-refractivity contribution < 1.29 is 27.5 Å². The van der Waals surface area contributed by atoms with Gasteiger partial charge in [-0.3, -0.25) is 9.80 Å². The average molecular weight is 637 g/mol. The van der Waals surface area contributed by atoms with Crippen molar-refractivity contribution in [1.82, 2.24) is 24.5 Å². The number of nitrogens with zero attached hydrogens (tertiary/aromatic N) is 4. The summed E-state index contributed by atoms with van der Waals surface area (Å²) in [7, 11) is -1.53. The second kappa shape index (κ2) is 12.3. The molecule has 6 rings (SSSR count). The van der Waals surface area contributed by atoms with Gasteiger partial charge in [-0.1, -0.05) is 18.5 Å². The first-order valence-corrected chi connectivity index (χ1v) is 17.0. The number of halogens is 1. The standard InChI is InChI=1S/C27H34ClN6O6PS/c1-17-14-21(15-38-41(31-27(11-12-27)26(35)37-2)40-20-8-4-18(28)5-9-20)39-25(17)33-13-10-22-23(33)29-16-30-24(22)34(19-6-7-19)32-42(3)36/h4-5,8-10,13,16-17,19,21,25,31-32H,6-7,11-12,14-15H2,1-3H3/t17?,21?,25-,41?,42?/m1/s1. The van der Waals surface area contributed by atoms with Gasteiger partial charge in [-0.2, -0.15) is 0 Å². The van der Waals surface area contributed by atoms with Crippen LogP contribution in [0.4, 0.5) is 5.82 Å². The van der Waals surface area contributed by atoms with E-state index in [9.17, 15) is 9.00 Å². The summed E-state index contributed by atoms with van der Waals surface area (Å²) in [6, 6.07) is 9.23. The number of fused-ring (bicyclic) bond motifs is 1. The molecule has 2 aromatic heterocycles. The van der Waals surface area contributed by atoms with Gasteiger partial charge in [-0.15, -0.1) is 4.83 Å². The molecule has 1 aliphatic heterocycles. The van der Waals surface area contributed by atoms with Gasteiger partial charge in [0.25, 0.3) is 0 Å². The highest BCUT2D eigenvalue weighted by Crippen LogP contribution is 2.48. The highest BCUT2D eigenvalue weighted by molar-refractivity contribution is 7.82. The summed E-state index contributed by atoms with van der Waals surface area (Å²) >= 11 is 6.04. The first kappa shape index (κ1) is 29.7. The molecule has 0 radical (unpaired) electrons. The Morgan fingerprint density at radius 3 is 2.69 bits per heavy atom. The van der Waals surface area contributed by atoms with E-state index in [0.717, 1.165) is 30.3 Å². The van der Waals surface area contributed by atoms with E-state index in [1.54, 1.807) is 30.5 Å². The zero-order chi connectivity index (χ0) is 29.4. The number of rotatable bonds is 13. The van der Waals surface area contributed by atoms with Crippen molar-refractivity contribution in [2.45, 2.75) is 62.9 Å². The van der Waals surface area contributed by atoms with Gasteiger partial charge in [0, 0.05) is 29.4 Å². The molecule has 3 fully saturated rings. The summed E-state index contributed by atoms with van der Waals surface area (Å²) in [6.45, 7) is 2.41. The van der Waals surface area contributed by atoms with E-state index >= 15 is 0 Å². The number of esters is 1. The van der Waals surface area contributed by atoms with E-state index < -0.39 is 25.1 Å². The van der Waals surface area contributed by atoms with Crippen molar-refractivity contribution in [3.63, 3.8) is 0 Å². The van der Waals surface area contributed by atoms with Crippen molar-refractivity contribution in [2.24, 2.45) is 5.92 Å². The molecule has 12 nitrogen and oxygen atoms in total. The normalized spacial score (nSPS) is 24.3. The van der Waals surface area contributed by atoms with Crippen LogP contribution in [-0.4, -0.2) is 62.4 Å². The minimum Gasteiger partial charge on any atom is -0.468 e. The minimum absolute atomic E-state index is 0.176. The number of carbonyl (C=O) groups excluding carboxylic acids is 1. The predicted octanol–water partition coefficient (Wildman–Crippen LogP) is 4.39. The van der Waals surface area contributed by atoms with Crippen LogP contribution in [0.2, 0.25) is 5.02 Å². The van der Waals surface area contributed by atoms with Gasteiger partial charge in [-0.25, -0.2) is 19.3 Å². The third kappa shape index (κ3) is 6.42. The van der Waals surface area contributed by atoms with Gasteiger partial charge in [0.1, 0.15) is 40.5 Å². The third-order valence-corrected chi connectivity index (χ3v) is 9.67. The van der Waals surface area contributed by atoms with Gasteiger partial charge in [-0.05, 0) is 62.4 Å². The van der Waals surface area contributed by atoms with Crippen LogP contribution in [0.3, 0.4) is 0 Å². The molecule has 42 heavy (non-hydrogen) atoms. The SMILES string of the molecule is COC(=O)C1(NP(OCC2CC(C)[C@H](n3ccc4c(N(NS(C)=O)C5CC5)ncnc43)O2)Oc2ccc(Cl)cc2)CC1. The molecule has 0 spiro atoms. The number of hydrogen-bond donors (Lipinski definition) is 2. The molecule has 0 bridgehead atoms. The van der Waals surface area contributed by atoms with Gasteiger partial charge in [0.2, 0.25) is 0 Å². The van der Waals surface area contributed by atoms with Crippen LogP contribution in [0.15, 0.2) is 42.9 Å². The predicted molar refractivity (Wildman–Crippen MR) is 160 cm³/mol. The lowest BCUT2D eigenvalue weighted by Gasteiger charge is -2.24. The molecular formula is C27H34ClN6O6PS. The maximum Gasteiger partial charge on any atom is 0.326 e. The minimum atomic E-state index is -1.69. The van der Waals surface area contributed by atoms with Crippen molar-refractivity contribution in [3.8, 4) is 5.75 Å². The van der Waals surface area contributed by atoms with Crippen molar-refractivity contribution in [2.75, 3.05) is 25.0 Å². The number of aromatic nitrogens is 3. The van der Waals surface area contributed by atoms with Crippen LogP contribution in [0.5, 0.6) is 5.75 Å². The summed E-state index contributed by atoms with van der Waals surface area (Å²) in [4.78, 5) is 24.5. The van der Waals surface area contributed by atoms with Crippen LogP contribution < -0.4 is 19.5 Å². The Morgan fingerprint density at radius 1 is 1.26 bits per heavy atom. The quantitative estimate of drug-likeness (QED) is 0.158. The van der Waals surface area contributed by atoms with Crippen molar-refractivity contribution in [3.05, 3.63) is 47.9 Å². The average Bonchev–Trinajstić information content (AvgIpc) is 3.89. The smallest absolute Gasteiger partial charge is 0.326 e. The molecular weight excluding hydrogens is 603 g/mol. The van der Waals surface area contributed by atoms with Crippen LogP contribution in [0, 0.1) is 5.92 Å². The number of hydrogen-bond acceptors (Lipinski definition) is 10. The van der Waals surface area contributed by atoms with E-state index in [0.29, 0.717) is 29.4 Å². The highest BCUT2D eigenvalue weighted by atomic mass is 35.5. The van der Waals surface area contributed by atoms with Gasteiger partial charge in [0.15, 0.2) is 5.82 Å². The van der Waals surface area contributed by atoms with Gasteiger partial charge in [0.05, 0.1) is 25.2 Å². The number of anilines is 1. The van der Waals surface area contributed by atoms with Crippen LogP contribution in [0.25, 0.3) is 11.0 Å². The van der Waals surface area contributed by atoms with Gasteiger partial charge >= 0.3 is 14.5 Å². The molecule has 1 aromatic carbocycles. The molecule has 2 N–H and O–H groups in total. The molecule has 1 saturated heterocycles. The number of nitrogens with one attached hydrogen (secondary N) is 2. The first-order chi connectivity index (χ1) is 20.3. The Bertz CT molecular complexity index is 1450. The summed E-state index contributed by atoms with van der Waals surface area (Å²) in [5, 5.41) is 6.62. The van der Waals surface area contributed by atoms with Crippen LogP contribution in [0.1, 0.15) is 45.3 Å². The fraction of sp³-hybridized carbons (Fsp3) is 0.519. The maximum absolute atomic E-state index is 12.4. The Labute approximate surface area is 252 Å². The number of carbonyl (C=O) groups is 1. The maximum atomic E-state index is 12.4. The Hall–Kier alpha value is -2.38. The van der Waals surface area contributed by atoms with Crippen molar-refractivity contribution >= 4 is 53.9 Å². The number of methoxy groups -OCH3 is 1. The topological polar surface area (TPSA) is 129 Å². The highest BCUT2D eigenvalue weighted by Gasteiger charge is 2.53. The monoisotopic (exact) mass is 636 g/mol. The van der Waals surface area contributed by atoms with E-state index in [1.807, 2.05) is 21.8 Å². The zero-order valence-corrected chi connectivity index (χ0v) is 26.0. The number of ether oxygens (including phenoxy) is 2. The third-order valence-electron chi connectivity index (χ3n) is 7.59. The molecule has 3 heterocycles. The second-order valence-corrected chi connectivity index (χ2v) is 13.7.